The lowest BCUT2D eigenvalue weighted by Crippen LogP contribution is -2.26. The fourth-order valence-corrected chi connectivity index (χ4v) is 20.2. The van der Waals surface area contributed by atoms with Crippen LogP contribution in [0.1, 0.15) is 5.56 Å². The molecule has 8 nitrogen and oxygen atoms in total. The summed E-state index contributed by atoms with van der Waals surface area (Å²) >= 11 is 9.53. The summed E-state index contributed by atoms with van der Waals surface area (Å²) in [5.41, 5.74) is 15.3. The largest absolute Gasteiger partial charge is 0.398 e. The Morgan fingerprint density at radius 2 is 0.627 bits per heavy atom. The molecule has 16 aromatic rings. The van der Waals surface area contributed by atoms with Crippen molar-refractivity contribution in [3.8, 4) is 33.4 Å². The Hall–Kier alpha value is -10.4. The van der Waals surface area contributed by atoms with E-state index in [9.17, 15) is 16.8 Å². The monoisotopic (exact) mass is 1450 g/mol. The molecule has 0 aliphatic carbocycles. The highest BCUT2D eigenvalue weighted by atomic mass is 35.5. The van der Waals surface area contributed by atoms with Gasteiger partial charge in [0.25, 0.3) is 0 Å². The topological polar surface area (TPSA) is 135 Å². The normalized spacial score (nSPS) is 11.5. The SMILES string of the molecule is CS(=O)(=O)Nc1ccc2ccccc2c1-c1c(P(=O)(c2ccccc2)c2ccccc2)ccc2ccccc12.CS(=O)(=O)Nc1ccc2ccccc2c1-c1c(P(c2ccccc2)c2ccccc2)ccc2ccccc12.Cc1ccc2ccccc2c1-c1c(N)ccc2ccccc12.ClCCl. The Bertz CT molecular complexity index is 5870. The van der Waals surface area contributed by atoms with Crippen LogP contribution in [-0.2, 0) is 24.6 Å². The number of halogens is 2. The molecule has 102 heavy (non-hydrogen) atoms. The van der Waals surface area contributed by atoms with Crippen molar-refractivity contribution in [2.24, 2.45) is 0 Å². The highest BCUT2D eigenvalue weighted by Gasteiger charge is 2.35. The van der Waals surface area contributed by atoms with Crippen LogP contribution in [0.2, 0.25) is 0 Å². The van der Waals surface area contributed by atoms with Gasteiger partial charge in [0.1, 0.15) is 0 Å². The number of rotatable bonds is 13. The molecule has 0 heterocycles. The van der Waals surface area contributed by atoms with E-state index in [0.717, 1.165) is 77.3 Å². The fraction of sp³-hybridized carbons (Fsp3) is 0.0455. The molecule has 16 rings (SSSR count). The number of nitrogens with two attached hydrogens (primary N) is 1. The molecule has 0 aromatic heterocycles. The molecule has 0 amide bonds. The maximum atomic E-state index is 15.6. The summed E-state index contributed by atoms with van der Waals surface area (Å²) in [6, 6.07) is 114. The minimum atomic E-state index is -3.60. The second-order valence-corrected chi connectivity index (χ2v) is 33.9. The number of benzene rings is 16. The number of hydrogen-bond acceptors (Lipinski definition) is 6. The fourth-order valence-electron chi connectivity index (χ4n) is 13.7. The van der Waals surface area contributed by atoms with Gasteiger partial charge in [-0.05, 0) is 131 Å². The highest BCUT2D eigenvalue weighted by molar-refractivity contribution is 7.92. The zero-order valence-corrected chi connectivity index (χ0v) is 61.1. The summed E-state index contributed by atoms with van der Waals surface area (Å²) in [6.45, 7) is 2.16. The first kappa shape index (κ1) is 70.1. The first-order chi connectivity index (χ1) is 49.5. The Morgan fingerprint density at radius 1 is 0.333 bits per heavy atom. The Labute approximate surface area is 607 Å². The van der Waals surface area contributed by atoms with Gasteiger partial charge >= 0.3 is 0 Å². The average molecular weight is 1450 g/mol. The molecule has 504 valence electrons. The zero-order chi connectivity index (χ0) is 71.0. The van der Waals surface area contributed by atoms with Crippen molar-refractivity contribution >= 4 is 172 Å². The van der Waals surface area contributed by atoms with Crippen LogP contribution in [0.25, 0.3) is 98.0 Å². The predicted molar refractivity (Wildman–Crippen MR) is 441 cm³/mol. The van der Waals surface area contributed by atoms with Crippen LogP contribution in [0.5, 0.6) is 0 Å². The van der Waals surface area contributed by atoms with E-state index in [1.165, 1.54) is 54.8 Å². The lowest BCUT2D eigenvalue weighted by atomic mass is 9.89. The predicted octanol–water partition coefficient (Wildman–Crippen LogP) is 20.4. The van der Waals surface area contributed by atoms with Gasteiger partial charge in [-0.3, -0.25) is 9.44 Å². The Balaban J connectivity index is 0.000000139. The van der Waals surface area contributed by atoms with E-state index in [1.54, 1.807) is 6.07 Å². The van der Waals surface area contributed by atoms with Gasteiger partial charge in [0.2, 0.25) is 20.0 Å². The van der Waals surface area contributed by atoms with E-state index in [1.807, 2.05) is 176 Å². The van der Waals surface area contributed by atoms with Gasteiger partial charge in [-0.2, -0.15) is 0 Å². The van der Waals surface area contributed by atoms with E-state index >= 15 is 4.57 Å². The summed E-state index contributed by atoms with van der Waals surface area (Å²) in [7, 11) is -11.5. The van der Waals surface area contributed by atoms with Gasteiger partial charge in [0, 0.05) is 49.4 Å². The quantitative estimate of drug-likeness (QED) is 0.0598. The van der Waals surface area contributed by atoms with Crippen LogP contribution >= 0.6 is 38.3 Å². The van der Waals surface area contributed by atoms with Crippen LogP contribution in [-0.4, -0.2) is 34.7 Å². The lowest BCUT2D eigenvalue weighted by molar-refractivity contribution is 0.592. The number of alkyl halides is 2. The second kappa shape index (κ2) is 30.8. The highest BCUT2D eigenvalue weighted by Crippen LogP contribution is 2.51. The summed E-state index contributed by atoms with van der Waals surface area (Å²) < 4.78 is 71.4. The molecule has 0 aliphatic heterocycles. The van der Waals surface area contributed by atoms with E-state index in [2.05, 4.69) is 174 Å². The standard InChI is InChI=1S/C33H26NO3PS.C33H26NO2PS.C21H17N.CH2Cl2/c1-39(36,37)34-30-22-20-24-12-8-10-18-28(24)32(30)33-29-19-11-9-13-25(29)21-23-31(33)38(35,26-14-4-2-5-15-26)27-16-6-3-7-17-27;1-38(35,36)34-30-22-20-24-12-8-10-18-28(24)32(30)33-29-19-11-9-13-25(29)21-23-31(33)37(26-14-4-2-5-15-26)27-16-6-3-7-17-27;1-14-10-11-15-6-2-4-8-17(15)20(14)21-18-9-5-3-7-16(18)12-13-19(21)22;2-1-3/h2-23,34H,1H3;2-23,34H,1H3;2-13H,22H2,1H3;1H2. The number of sulfonamides is 2. The molecular weight excluding hydrogens is 1380 g/mol. The molecule has 4 N–H and O–H groups in total. The van der Waals surface area contributed by atoms with Crippen molar-refractivity contribution in [3.63, 3.8) is 0 Å². The summed E-state index contributed by atoms with van der Waals surface area (Å²) in [5, 5.41) is 18.9. The average Bonchev–Trinajstić information content (AvgIpc) is 0.930. The number of aryl methyl sites for hydroxylation is 1. The van der Waals surface area contributed by atoms with Crippen LogP contribution in [0.15, 0.2) is 340 Å². The minimum Gasteiger partial charge on any atom is -0.398 e. The maximum Gasteiger partial charge on any atom is 0.229 e. The minimum absolute atomic E-state index is 0.194. The molecule has 16 aromatic carbocycles. The summed E-state index contributed by atoms with van der Waals surface area (Å²) in [6.07, 6.45) is 2.35. The van der Waals surface area contributed by atoms with Crippen LogP contribution in [0.3, 0.4) is 0 Å². The first-order valence-electron chi connectivity index (χ1n) is 33.1. The molecule has 0 aliphatic rings. The zero-order valence-electron chi connectivity index (χ0n) is 56.1. The smallest absolute Gasteiger partial charge is 0.229 e. The third-order valence-electron chi connectivity index (χ3n) is 18.0. The van der Waals surface area contributed by atoms with Crippen LogP contribution in [0.4, 0.5) is 17.1 Å². The van der Waals surface area contributed by atoms with Crippen LogP contribution in [0, 0.1) is 6.92 Å². The van der Waals surface area contributed by atoms with Gasteiger partial charge in [-0.25, -0.2) is 16.8 Å². The van der Waals surface area contributed by atoms with Crippen LogP contribution < -0.4 is 47.0 Å². The van der Waals surface area contributed by atoms with Crippen molar-refractivity contribution in [2.45, 2.75) is 6.92 Å². The Morgan fingerprint density at radius 3 is 1.03 bits per heavy atom. The molecule has 0 atom stereocenters. The van der Waals surface area contributed by atoms with Crippen molar-refractivity contribution in [3.05, 3.63) is 345 Å². The van der Waals surface area contributed by atoms with Gasteiger partial charge in [-0.1, -0.05) is 315 Å². The molecular formula is C88H71Cl2N3O5P2S2. The maximum absolute atomic E-state index is 15.6. The molecule has 0 saturated heterocycles. The van der Waals surface area contributed by atoms with E-state index < -0.39 is 35.1 Å². The number of nitrogen functional groups attached to an aromatic ring is 1. The first-order valence-corrected chi connectivity index (χ1v) is 41.0. The number of hydrogen-bond donors (Lipinski definition) is 3. The third kappa shape index (κ3) is 14.9. The summed E-state index contributed by atoms with van der Waals surface area (Å²) in [5.74, 6) is 0. The van der Waals surface area contributed by atoms with Gasteiger partial charge < -0.3 is 10.3 Å². The van der Waals surface area contributed by atoms with Gasteiger partial charge in [0.05, 0.1) is 29.2 Å². The molecule has 0 fully saturated rings. The third-order valence-corrected chi connectivity index (χ3v) is 24.7. The van der Waals surface area contributed by atoms with Gasteiger partial charge in [-0.15, -0.1) is 23.2 Å². The van der Waals surface area contributed by atoms with E-state index in [-0.39, 0.29) is 5.34 Å². The van der Waals surface area contributed by atoms with E-state index in [0.29, 0.717) is 32.9 Å². The van der Waals surface area contributed by atoms with Crippen molar-refractivity contribution in [1.29, 1.82) is 0 Å². The molecule has 0 bridgehead atoms. The number of nitrogens with one attached hydrogen (secondary N) is 2. The number of anilines is 3. The number of fused-ring (bicyclic) bond motifs is 6. The molecule has 0 unspecified atom stereocenters. The van der Waals surface area contributed by atoms with Gasteiger partial charge in [0.15, 0.2) is 7.14 Å². The molecule has 0 saturated carbocycles. The second-order valence-electron chi connectivity index (χ2n) is 24.6. The molecule has 0 radical (unpaired) electrons. The van der Waals surface area contributed by atoms with Crippen molar-refractivity contribution < 1.29 is 21.4 Å². The lowest BCUT2D eigenvalue weighted by Gasteiger charge is -2.26. The van der Waals surface area contributed by atoms with Crippen molar-refractivity contribution in [1.82, 2.24) is 0 Å². The Kier molecular flexibility index (Phi) is 21.2. The van der Waals surface area contributed by atoms with Crippen molar-refractivity contribution in [2.75, 3.05) is 33.0 Å². The summed E-state index contributed by atoms with van der Waals surface area (Å²) in [4.78, 5) is 0. The molecule has 14 heteroatoms. The molecule has 0 spiro atoms. The van der Waals surface area contributed by atoms with E-state index in [4.69, 9.17) is 28.9 Å².